The van der Waals surface area contributed by atoms with Gasteiger partial charge in [-0.15, -0.1) is 0 Å². The van der Waals surface area contributed by atoms with Crippen molar-refractivity contribution in [1.29, 1.82) is 0 Å². The smallest absolute Gasteiger partial charge is 0.0865 e. The molecule has 200 valence electrons. The number of hydrogen-bond donors (Lipinski definition) is 4. The Labute approximate surface area is 212 Å². The molecule has 2 spiro atoms. The fourth-order valence-corrected chi connectivity index (χ4v) is 12.1. The minimum absolute atomic E-state index is 0.0267. The van der Waals surface area contributed by atoms with E-state index in [2.05, 4.69) is 34.6 Å². The number of aliphatic hydroxyl groups excluding tert-OH is 3. The summed E-state index contributed by atoms with van der Waals surface area (Å²) in [4.78, 5) is 0. The van der Waals surface area contributed by atoms with Crippen molar-refractivity contribution in [3.05, 3.63) is 0 Å². The minimum Gasteiger partial charge on any atom is -0.393 e. The first kappa shape index (κ1) is 25.1. The quantitative estimate of drug-likeness (QED) is 0.460. The number of rotatable bonds is 2. The zero-order valence-corrected chi connectivity index (χ0v) is 23.1. The first-order chi connectivity index (χ1) is 16.0. The summed E-state index contributed by atoms with van der Waals surface area (Å²) >= 11 is 0. The van der Waals surface area contributed by atoms with Gasteiger partial charge in [-0.2, -0.15) is 0 Å². The minimum atomic E-state index is -0.886. The molecule has 0 bridgehead atoms. The second-order valence-corrected chi connectivity index (χ2v) is 15.9. The van der Waals surface area contributed by atoms with Gasteiger partial charge >= 0.3 is 0 Å². The number of fused-ring (bicyclic) bond motifs is 2. The monoisotopic (exact) mass is 490 g/mol. The third-order valence-electron chi connectivity index (χ3n) is 13.8. The molecule has 12 atom stereocenters. The topological polar surface area (TPSA) is 90.2 Å². The van der Waals surface area contributed by atoms with E-state index in [0.29, 0.717) is 5.92 Å². The molecule has 5 heteroatoms. The Hall–Kier alpha value is -0.200. The van der Waals surface area contributed by atoms with E-state index in [4.69, 9.17) is 4.74 Å². The Morgan fingerprint density at radius 1 is 0.771 bits per heavy atom. The molecule has 0 amide bonds. The molecule has 0 aromatic rings. The Balaban J connectivity index is 1.37. The van der Waals surface area contributed by atoms with Crippen LogP contribution >= 0.6 is 0 Å². The van der Waals surface area contributed by atoms with E-state index in [1.807, 2.05) is 13.8 Å². The highest BCUT2D eigenvalue weighted by Crippen LogP contribution is 2.89. The molecule has 6 aliphatic rings. The van der Waals surface area contributed by atoms with Crippen LogP contribution in [0.5, 0.6) is 0 Å². The summed E-state index contributed by atoms with van der Waals surface area (Å²) in [6.07, 6.45) is 7.18. The molecule has 2 unspecified atom stereocenters. The van der Waals surface area contributed by atoms with Crippen LogP contribution in [-0.4, -0.2) is 56.0 Å². The second-order valence-electron chi connectivity index (χ2n) is 15.9. The van der Waals surface area contributed by atoms with Gasteiger partial charge in [0.15, 0.2) is 0 Å². The zero-order chi connectivity index (χ0) is 25.6. The molecule has 5 saturated carbocycles. The van der Waals surface area contributed by atoms with Crippen LogP contribution < -0.4 is 0 Å². The zero-order valence-electron chi connectivity index (χ0n) is 23.1. The maximum Gasteiger partial charge on any atom is 0.0865 e. The number of hydrogen-bond acceptors (Lipinski definition) is 5. The molecule has 1 saturated heterocycles. The van der Waals surface area contributed by atoms with E-state index in [1.165, 1.54) is 6.42 Å². The maximum absolute atomic E-state index is 11.7. The van der Waals surface area contributed by atoms with E-state index in [9.17, 15) is 20.4 Å². The normalized spacial score (nSPS) is 60.9. The SMILES string of the molecule is CC(C)(O)[C@@H]1CC[C@](C)(C2[C@@H](O)C[C@@]3(C)[C@@H]4C[C@H](O)[C@H]5C(C)(C)[C@@H](O)CCC56C[C@@]46CC[C@]23C)O1. The fraction of sp³-hybridized carbons (Fsp3) is 1.00. The lowest BCUT2D eigenvalue weighted by molar-refractivity contribution is -0.213. The van der Waals surface area contributed by atoms with Crippen LogP contribution in [0.3, 0.4) is 0 Å². The number of ether oxygens (including phenoxy) is 1. The molecule has 35 heavy (non-hydrogen) atoms. The molecule has 1 heterocycles. The van der Waals surface area contributed by atoms with Gasteiger partial charge in [0.2, 0.25) is 0 Å². The van der Waals surface area contributed by atoms with Gasteiger partial charge in [-0.25, -0.2) is 0 Å². The van der Waals surface area contributed by atoms with Gasteiger partial charge in [-0.1, -0.05) is 27.7 Å². The molecule has 4 N–H and O–H groups in total. The molecular weight excluding hydrogens is 440 g/mol. The fourth-order valence-electron chi connectivity index (χ4n) is 12.1. The summed E-state index contributed by atoms with van der Waals surface area (Å²) < 4.78 is 6.66. The van der Waals surface area contributed by atoms with Crippen LogP contribution in [0.15, 0.2) is 0 Å². The van der Waals surface area contributed by atoms with Crippen molar-refractivity contribution in [2.24, 2.45) is 44.8 Å². The van der Waals surface area contributed by atoms with E-state index in [0.717, 1.165) is 51.4 Å². The average Bonchev–Trinajstić information content (AvgIpc) is 3.08. The van der Waals surface area contributed by atoms with Crippen LogP contribution in [0.4, 0.5) is 0 Å². The highest BCUT2D eigenvalue weighted by Gasteiger charge is 2.84. The lowest BCUT2D eigenvalue weighted by Crippen LogP contribution is -2.62. The van der Waals surface area contributed by atoms with E-state index < -0.39 is 23.4 Å². The average molecular weight is 491 g/mol. The molecule has 5 aliphatic carbocycles. The Kier molecular flexibility index (Phi) is 4.92. The van der Waals surface area contributed by atoms with Crippen molar-refractivity contribution in [3.8, 4) is 0 Å². The molecular formula is C30H50O5. The van der Waals surface area contributed by atoms with Crippen LogP contribution in [0.1, 0.15) is 106 Å². The molecule has 0 aromatic heterocycles. The van der Waals surface area contributed by atoms with Gasteiger partial charge in [-0.3, -0.25) is 0 Å². The maximum atomic E-state index is 11.7. The number of aliphatic hydroxyl groups is 4. The van der Waals surface area contributed by atoms with Crippen molar-refractivity contribution >= 4 is 0 Å². The summed E-state index contributed by atoms with van der Waals surface area (Å²) in [6.45, 7) is 15.0. The predicted molar refractivity (Wildman–Crippen MR) is 134 cm³/mol. The first-order valence-corrected chi connectivity index (χ1v) is 14.4. The van der Waals surface area contributed by atoms with Crippen molar-refractivity contribution in [3.63, 3.8) is 0 Å². The van der Waals surface area contributed by atoms with Crippen LogP contribution in [-0.2, 0) is 4.74 Å². The molecule has 1 aliphatic heterocycles. The highest BCUT2D eigenvalue weighted by atomic mass is 16.5. The van der Waals surface area contributed by atoms with Crippen molar-refractivity contribution < 1.29 is 25.2 Å². The van der Waals surface area contributed by atoms with Crippen molar-refractivity contribution in [2.45, 2.75) is 142 Å². The Morgan fingerprint density at radius 3 is 2.09 bits per heavy atom. The van der Waals surface area contributed by atoms with Gasteiger partial charge in [0.25, 0.3) is 0 Å². The molecule has 0 radical (unpaired) electrons. The lowest BCUT2D eigenvalue weighted by Gasteiger charge is -2.64. The molecule has 6 rings (SSSR count). The third kappa shape index (κ3) is 2.78. The van der Waals surface area contributed by atoms with E-state index in [-0.39, 0.29) is 51.1 Å². The summed E-state index contributed by atoms with van der Waals surface area (Å²) in [5, 5.41) is 45.0. The molecule has 5 nitrogen and oxygen atoms in total. The summed E-state index contributed by atoms with van der Waals surface area (Å²) in [7, 11) is 0. The Morgan fingerprint density at radius 2 is 1.46 bits per heavy atom. The summed E-state index contributed by atoms with van der Waals surface area (Å²) in [5.41, 5.74) is -1.35. The predicted octanol–water partition coefficient (Wildman–Crippen LogP) is 4.44. The Bertz CT molecular complexity index is 911. The van der Waals surface area contributed by atoms with Crippen LogP contribution in [0, 0.1) is 44.8 Å². The van der Waals surface area contributed by atoms with Gasteiger partial charge in [0, 0.05) is 5.92 Å². The van der Waals surface area contributed by atoms with E-state index in [1.54, 1.807) is 0 Å². The van der Waals surface area contributed by atoms with Crippen LogP contribution in [0.2, 0.25) is 0 Å². The van der Waals surface area contributed by atoms with Gasteiger partial charge in [-0.05, 0) is 117 Å². The molecule has 6 fully saturated rings. The highest BCUT2D eigenvalue weighted by molar-refractivity contribution is 5.33. The van der Waals surface area contributed by atoms with Crippen molar-refractivity contribution in [2.75, 3.05) is 0 Å². The lowest BCUT2D eigenvalue weighted by atomic mass is 9.41. The standard InChI is InChI=1S/C30H50O5/c1-24(2)20(33)8-11-30-16-29(30)13-12-26(5)23(28(7)10-9-21(35-28)25(3,4)34)18(32)15-27(26,6)19(29)14-17(31)22(24)30/h17-23,31-34H,8-16H2,1-7H3/t17-,18-,19-,20-,21-,22-,23?,26+,27-,28+,29-,30?/m0/s1. The summed E-state index contributed by atoms with van der Waals surface area (Å²) in [6, 6.07) is 0. The van der Waals surface area contributed by atoms with Crippen molar-refractivity contribution in [1.82, 2.24) is 0 Å². The van der Waals surface area contributed by atoms with Crippen LogP contribution in [0.25, 0.3) is 0 Å². The second kappa shape index (κ2) is 6.86. The van der Waals surface area contributed by atoms with E-state index >= 15 is 0 Å². The van der Waals surface area contributed by atoms with Gasteiger partial charge in [0.1, 0.15) is 0 Å². The first-order valence-electron chi connectivity index (χ1n) is 14.4. The van der Waals surface area contributed by atoms with Gasteiger partial charge < -0.3 is 25.2 Å². The molecule has 0 aromatic carbocycles. The van der Waals surface area contributed by atoms with Gasteiger partial charge in [0.05, 0.1) is 35.6 Å². The summed E-state index contributed by atoms with van der Waals surface area (Å²) in [5.74, 6) is 0.577. The third-order valence-corrected chi connectivity index (χ3v) is 13.8. The largest absolute Gasteiger partial charge is 0.393 e.